The number of hydrogen-bond acceptors (Lipinski definition) is 2. The molecule has 1 N–H and O–H groups in total. The fourth-order valence-electron chi connectivity index (χ4n) is 2.34. The van der Waals surface area contributed by atoms with Crippen LogP contribution in [0, 0.1) is 13.8 Å². The van der Waals surface area contributed by atoms with Crippen molar-refractivity contribution in [2.24, 2.45) is 7.05 Å². The minimum atomic E-state index is 0.524. The lowest BCUT2D eigenvalue weighted by molar-refractivity contribution is 0.513. The summed E-state index contributed by atoms with van der Waals surface area (Å²) in [5, 5.41) is 7.87. The highest BCUT2D eigenvalue weighted by atomic mass is 15.3. The summed E-state index contributed by atoms with van der Waals surface area (Å²) in [6, 6.07) is 0.524. The molecule has 102 valence electrons. The van der Waals surface area contributed by atoms with Crippen LogP contribution in [0.25, 0.3) is 0 Å². The molecule has 0 radical (unpaired) electrons. The van der Waals surface area contributed by atoms with Crippen LogP contribution in [0.4, 0.5) is 0 Å². The first-order valence-corrected chi connectivity index (χ1v) is 6.82. The van der Waals surface area contributed by atoms with Gasteiger partial charge in [-0.25, -0.2) is 0 Å². The molecule has 1 unspecified atom stereocenters. The van der Waals surface area contributed by atoms with Crippen LogP contribution in [-0.2, 0) is 13.5 Å². The Morgan fingerprint density at radius 1 is 1.44 bits per heavy atom. The Hall–Kier alpha value is -1.09. The zero-order valence-corrected chi connectivity index (χ0v) is 12.5. The third kappa shape index (κ3) is 3.70. The molecule has 0 saturated carbocycles. The van der Waals surface area contributed by atoms with Crippen molar-refractivity contribution in [2.45, 2.75) is 52.5 Å². The number of aryl methyl sites for hydroxylation is 2. The first kappa shape index (κ1) is 15.0. The van der Waals surface area contributed by atoms with E-state index >= 15 is 0 Å². The van der Waals surface area contributed by atoms with Crippen LogP contribution in [0.2, 0.25) is 0 Å². The van der Waals surface area contributed by atoms with Crippen molar-refractivity contribution >= 4 is 0 Å². The molecule has 0 aliphatic heterocycles. The van der Waals surface area contributed by atoms with Crippen molar-refractivity contribution in [1.29, 1.82) is 0 Å². The van der Waals surface area contributed by atoms with E-state index in [0.29, 0.717) is 6.04 Å². The van der Waals surface area contributed by atoms with Crippen LogP contribution in [0.5, 0.6) is 0 Å². The summed E-state index contributed by atoms with van der Waals surface area (Å²) in [5.74, 6) is 0. The molecule has 1 rings (SSSR count). The molecule has 0 amide bonds. The van der Waals surface area contributed by atoms with E-state index in [1.165, 1.54) is 22.5 Å². The molecule has 3 heteroatoms. The summed E-state index contributed by atoms with van der Waals surface area (Å²) in [4.78, 5) is 0. The maximum absolute atomic E-state index is 4.47. The van der Waals surface area contributed by atoms with Gasteiger partial charge < -0.3 is 5.32 Å². The molecule has 0 aliphatic carbocycles. The summed E-state index contributed by atoms with van der Waals surface area (Å²) < 4.78 is 1.98. The Balaban J connectivity index is 2.59. The maximum atomic E-state index is 4.47. The van der Waals surface area contributed by atoms with Gasteiger partial charge in [-0.05, 0) is 52.1 Å². The molecule has 1 atom stereocenters. The van der Waals surface area contributed by atoms with Crippen LogP contribution in [0.3, 0.4) is 0 Å². The Morgan fingerprint density at radius 3 is 2.56 bits per heavy atom. The van der Waals surface area contributed by atoms with Crippen molar-refractivity contribution < 1.29 is 0 Å². The van der Waals surface area contributed by atoms with E-state index < -0.39 is 0 Å². The number of nitrogens with zero attached hydrogens (tertiary/aromatic N) is 2. The zero-order valence-electron chi connectivity index (χ0n) is 12.5. The summed E-state index contributed by atoms with van der Waals surface area (Å²) in [6.45, 7) is 10.5. The van der Waals surface area contributed by atoms with Crippen LogP contribution < -0.4 is 5.32 Å². The second kappa shape index (κ2) is 6.74. The molecule has 0 aromatic carbocycles. The Bertz CT molecular complexity index is 404. The number of aromatic nitrogens is 2. The Labute approximate surface area is 111 Å². The first-order valence-electron chi connectivity index (χ1n) is 6.82. The van der Waals surface area contributed by atoms with Gasteiger partial charge in [-0.3, -0.25) is 4.68 Å². The molecular weight excluding hydrogens is 222 g/mol. The standard InChI is InChI=1S/C15H27N3/c1-7-11(2)10-14(16-5)8-9-15-12(3)17-18(6)13(15)4/h14,16H,2,7-10H2,1,3-6H3. The smallest absolute Gasteiger partial charge is 0.0628 e. The minimum Gasteiger partial charge on any atom is -0.317 e. The van der Waals surface area contributed by atoms with Gasteiger partial charge in [0.1, 0.15) is 0 Å². The second-order valence-corrected chi connectivity index (χ2v) is 5.10. The first-order chi connectivity index (χ1) is 8.49. The monoisotopic (exact) mass is 249 g/mol. The zero-order chi connectivity index (χ0) is 13.7. The lowest BCUT2D eigenvalue weighted by atomic mass is 9.98. The summed E-state index contributed by atoms with van der Waals surface area (Å²) in [6.07, 6.45) is 4.38. The summed E-state index contributed by atoms with van der Waals surface area (Å²) in [7, 11) is 4.05. The SMILES string of the molecule is C=C(CC)CC(CCc1c(C)nn(C)c1C)NC. The van der Waals surface area contributed by atoms with E-state index in [-0.39, 0.29) is 0 Å². The number of rotatable bonds is 7. The molecule has 0 aliphatic rings. The molecule has 0 spiro atoms. The van der Waals surface area contributed by atoms with Crippen LogP contribution in [0.15, 0.2) is 12.2 Å². The highest BCUT2D eigenvalue weighted by Crippen LogP contribution is 2.17. The molecule has 3 nitrogen and oxygen atoms in total. The summed E-state index contributed by atoms with van der Waals surface area (Å²) in [5.41, 5.74) is 5.18. The lowest BCUT2D eigenvalue weighted by Gasteiger charge is -2.17. The van der Waals surface area contributed by atoms with Gasteiger partial charge in [0.05, 0.1) is 5.69 Å². The fourth-order valence-corrected chi connectivity index (χ4v) is 2.34. The van der Waals surface area contributed by atoms with Gasteiger partial charge in [0.2, 0.25) is 0 Å². The third-order valence-corrected chi connectivity index (χ3v) is 3.85. The van der Waals surface area contributed by atoms with Crippen molar-refractivity contribution in [1.82, 2.24) is 15.1 Å². The minimum absolute atomic E-state index is 0.524. The molecule has 0 saturated heterocycles. The van der Waals surface area contributed by atoms with Crippen LogP contribution in [0.1, 0.15) is 43.1 Å². The Kier molecular flexibility index (Phi) is 5.60. The third-order valence-electron chi connectivity index (χ3n) is 3.85. The van der Waals surface area contributed by atoms with E-state index in [4.69, 9.17) is 0 Å². The van der Waals surface area contributed by atoms with Crippen molar-refractivity contribution in [3.05, 3.63) is 29.1 Å². The highest BCUT2D eigenvalue weighted by molar-refractivity contribution is 5.24. The predicted octanol–water partition coefficient (Wildman–Crippen LogP) is 2.91. The van der Waals surface area contributed by atoms with Crippen molar-refractivity contribution in [3.8, 4) is 0 Å². The van der Waals surface area contributed by atoms with Gasteiger partial charge >= 0.3 is 0 Å². The van der Waals surface area contributed by atoms with Gasteiger partial charge in [0.15, 0.2) is 0 Å². The molecule has 1 aromatic rings. The predicted molar refractivity (Wildman–Crippen MR) is 77.9 cm³/mol. The normalized spacial score (nSPS) is 12.7. The quantitative estimate of drug-likeness (QED) is 0.753. The molecule has 1 heterocycles. The second-order valence-electron chi connectivity index (χ2n) is 5.10. The van der Waals surface area contributed by atoms with E-state index in [0.717, 1.165) is 25.7 Å². The van der Waals surface area contributed by atoms with Gasteiger partial charge in [-0.2, -0.15) is 5.10 Å². The number of nitrogens with one attached hydrogen (secondary N) is 1. The van der Waals surface area contributed by atoms with Gasteiger partial charge in [0, 0.05) is 18.8 Å². The topological polar surface area (TPSA) is 29.9 Å². The average molecular weight is 249 g/mol. The summed E-state index contributed by atoms with van der Waals surface area (Å²) >= 11 is 0. The van der Waals surface area contributed by atoms with Crippen LogP contribution >= 0.6 is 0 Å². The molecule has 18 heavy (non-hydrogen) atoms. The largest absolute Gasteiger partial charge is 0.317 e. The van der Waals surface area contributed by atoms with E-state index in [2.05, 4.69) is 37.8 Å². The molecule has 1 aromatic heterocycles. The molecular formula is C15H27N3. The molecule has 0 fully saturated rings. The van der Waals surface area contributed by atoms with E-state index in [1.807, 2.05) is 18.8 Å². The lowest BCUT2D eigenvalue weighted by Crippen LogP contribution is -2.26. The maximum Gasteiger partial charge on any atom is 0.0628 e. The van der Waals surface area contributed by atoms with Crippen LogP contribution in [-0.4, -0.2) is 22.9 Å². The van der Waals surface area contributed by atoms with Crippen molar-refractivity contribution in [3.63, 3.8) is 0 Å². The van der Waals surface area contributed by atoms with Gasteiger partial charge in [0.25, 0.3) is 0 Å². The fraction of sp³-hybridized carbons (Fsp3) is 0.667. The average Bonchev–Trinajstić information content (AvgIpc) is 2.59. The van der Waals surface area contributed by atoms with Gasteiger partial charge in [-0.1, -0.05) is 19.1 Å². The Morgan fingerprint density at radius 2 is 2.11 bits per heavy atom. The highest BCUT2D eigenvalue weighted by Gasteiger charge is 2.12. The van der Waals surface area contributed by atoms with Crippen molar-refractivity contribution in [2.75, 3.05) is 7.05 Å². The van der Waals surface area contributed by atoms with E-state index in [1.54, 1.807) is 0 Å². The number of hydrogen-bond donors (Lipinski definition) is 1. The van der Waals surface area contributed by atoms with Gasteiger partial charge in [-0.15, -0.1) is 0 Å². The molecule has 0 bridgehead atoms. The van der Waals surface area contributed by atoms with E-state index in [9.17, 15) is 0 Å².